The highest BCUT2D eigenvalue weighted by Gasteiger charge is 2.11. The lowest BCUT2D eigenvalue weighted by Crippen LogP contribution is -2.19. The first-order valence-corrected chi connectivity index (χ1v) is 6.99. The average Bonchev–Trinajstić information content (AvgIpc) is 2.76. The van der Waals surface area contributed by atoms with Crippen molar-refractivity contribution < 1.29 is 0 Å². The second kappa shape index (κ2) is 6.02. The largest absolute Gasteiger partial charge is 0.310 e. The number of nitrogens with one attached hydrogen (secondary N) is 1. The first-order chi connectivity index (χ1) is 9.17. The fourth-order valence-corrected chi connectivity index (χ4v) is 2.45. The Hall–Kier alpha value is -1.61. The third kappa shape index (κ3) is 2.87. The van der Waals surface area contributed by atoms with Gasteiger partial charge in [-0.05, 0) is 37.1 Å². The number of benzene rings is 1. The second-order valence-electron chi connectivity index (χ2n) is 4.91. The highest BCUT2D eigenvalue weighted by Crippen LogP contribution is 2.26. The van der Waals surface area contributed by atoms with Crippen LogP contribution in [0.2, 0.25) is 0 Å². The van der Waals surface area contributed by atoms with Crippen LogP contribution < -0.4 is 5.32 Å². The molecule has 0 spiro atoms. The third-order valence-electron chi connectivity index (χ3n) is 3.69. The fraction of sp³-hybridized carbons (Fsp3) is 0.438. The summed E-state index contributed by atoms with van der Waals surface area (Å²) in [4.78, 5) is 0. The number of rotatable bonds is 5. The number of aryl methyl sites for hydroxylation is 1. The van der Waals surface area contributed by atoms with Crippen LogP contribution in [0.1, 0.15) is 37.6 Å². The zero-order valence-electron chi connectivity index (χ0n) is 12.3. The number of aromatic nitrogens is 2. The fourth-order valence-electron chi connectivity index (χ4n) is 2.45. The minimum atomic E-state index is 0.432. The molecule has 0 aliphatic heterocycles. The molecule has 0 bridgehead atoms. The Balaban J connectivity index is 2.36. The molecule has 1 atom stereocenters. The van der Waals surface area contributed by atoms with E-state index in [0.717, 1.165) is 13.0 Å². The van der Waals surface area contributed by atoms with Crippen LogP contribution in [0.25, 0.3) is 11.1 Å². The predicted molar refractivity (Wildman–Crippen MR) is 80.1 cm³/mol. The van der Waals surface area contributed by atoms with E-state index in [1.54, 1.807) is 0 Å². The van der Waals surface area contributed by atoms with Gasteiger partial charge in [-0.1, -0.05) is 32.0 Å². The molecule has 1 aromatic carbocycles. The van der Waals surface area contributed by atoms with Crippen molar-refractivity contribution >= 4 is 0 Å². The molecule has 0 amide bonds. The molecule has 0 saturated carbocycles. The van der Waals surface area contributed by atoms with Gasteiger partial charge in [-0.25, -0.2) is 0 Å². The van der Waals surface area contributed by atoms with Crippen LogP contribution >= 0.6 is 0 Å². The van der Waals surface area contributed by atoms with Gasteiger partial charge in [-0.15, -0.1) is 0 Å². The molecule has 3 nitrogen and oxygen atoms in total. The van der Waals surface area contributed by atoms with Crippen molar-refractivity contribution in [3.05, 3.63) is 41.7 Å². The molecule has 102 valence electrons. The lowest BCUT2D eigenvalue weighted by Gasteiger charge is -2.17. The Morgan fingerprint density at radius 1 is 1.32 bits per heavy atom. The van der Waals surface area contributed by atoms with Gasteiger partial charge in [0, 0.05) is 24.3 Å². The van der Waals surface area contributed by atoms with E-state index in [4.69, 9.17) is 0 Å². The maximum atomic E-state index is 4.32. The molecule has 1 N–H and O–H groups in total. The average molecular weight is 257 g/mol. The van der Waals surface area contributed by atoms with Crippen molar-refractivity contribution in [1.29, 1.82) is 0 Å². The van der Waals surface area contributed by atoms with Gasteiger partial charge in [-0.3, -0.25) is 4.68 Å². The van der Waals surface area contributed by atoms with Crippen LogP contribution in [0.4, 0.5) is 0 Å². The lowest BCUT2D eigenvalue weighted by atomic mass is 9.98. The SMILES string of the molecule is CCNC(CC)c1cccc(-c2cnn(C)c2C)c1. The Morgan fingerprint density at radius 2 is 2.11 bits per heavy atom. The van der Waals surface area contributed by atoms with Gasteiger partial charge in [0.2, 0.25) is 0 Å². The maximum Gasteiger partial charge on any atom is 0.0571 e. The topological polar surface area (TPSA) is 29.9 Å². The summed E-state index contributed by atoms with van der Waals surface area (Å²) in [6, 6.07) is 9.21. The van der Waals surface area contributed by atoms with Crippen LogP contribution in [0.15, 0.2) is 30.5 Å². The summed E-state index contributed by atoms with van der Waals surface area (Å²) < 4.78 is 1.92. The van der Waals surface area contributed by atoms with Gasteiger partial charge in [0.25, 0.3) is 0 Å². The van der Waals surface area contributed by atoms with Crippen LogP contribution in [0.5, 0.6) is 0 Å². The summed E-state index contributed by atoms with van der Waals surface area (Å²) in [5.41, 5.74) is 5.02. The number of nitrogens with zero attached hydrogens (tertiary/aromatic N) is 2. The van der Waals surface area contributed by atoms with Crippen LogP contribution in [-0.4, -0.2) is 16.3 Å². The summed E-state index contributed by atoms with van der Waals surface area (Å²) in [6.07, 6.45) is 3.05. The van der Waals surface area contributed by atoms with Crippen molar-refractivity contribution in [2.24, 2.45) is 7.05 Å². The van der Waals surface area contributed by atoms with E-state index in [2.05, 4.69) is 55.5 Å². The minimum Gasteiger partial charge on any atom is -0.310 e. The molecule has 0 radical (unpaired) electrons. The number of hydrogen-bond acceptors (Lipinski definition) is 2. The summed E-state index contributed by atoms with van der Waals surface area (Å²) >= 11 is 0. The van der Waals surface area contributed by atoms with Crippen LogP contribution in [0, 0.1) is 6.92 Å². The molecule has 0 saturated heterocycles. The molecule has 1 heterocycles. The Kier molecular flexibility index (Phi) is 4.38. The molecular formula is C16H23N3. The molecule has 0 aliphatic carbocycles. The standard InChI is InChI=1S/C16H23N3/c1-5-16(17-6-2)14-9-7-8-13(10-14)15-11-18-19(4)12(15)3/h7-11,16-17H,5-6H2,1-4H3. The van der Waals surface area contributed by atoms with Gasteiger partial charge in [0.05, 0.1) is 6.20 Å². The van der Waals surface area contributed by atoms with E-state index in [-0.39, 0.29) is 0 Å². The van der Waals surface area contributed by atoms with Crippen LogP contribution in [-0.2, 0) is 7.05 Å². The van der Waals surface area contributed by atoms with Crippen molar-refractivity contribution in [2.75, 3.05) is 6.54 Å². The van der Waals surface area contributed by atoms with Crippen molar-refractivity contribution in [3.8, 4) is 11.1 Å². The Morgan fingerprint density at radius 3 is 2.68 bits per heavy atom. The highest BCUT2D eigenvalue weighted by atomic mass is 15.3. The molecular weight excluding hydrogens is 234 g/mol. The van der Waals surface area contributed by atoms with Gasteiger partial charge >= 0.3 is 0 Å². The zero-order valence-corrected chi connectivity index (χ0v) is 12.3. The highest BCUT2D eigenvalue weighted by molar-refractivity contribution is 5.66. The van der Waals surface area contributed by atoms with Gasteiger partial charge in [0.15, 0.2) is 0 Å². The van der Waals surface area contributed by atoms with E-state index in [1.165, 1.54) is 22.4 Å². The maximum absolute atomic E-state index is 4.32. The molecule has 2 rings (SSSR count). The van der Waals surface area contributed by atoms with E-state index >= 15 is 0 Å². The molecule has 1 aromatic heterocycles. The summed E-state index contributed by atoms with van der Waals surface area (Å²) in [7, 11) is 1.98. The first-order valence-electron chi connectivity index (χ1n) is 6.99. The van der Waals surface area contributed by atoms with Crippen molar-refractivity contribution in [1.82, 2.24) is 15.1 Å². The second-order valence-corrected chi connectivity index (χ2v) is 4.91. The minimum absolute atomic E-state index is 0.432. The van der Waals surface area contributed by atoms with E-state index in [1.807, 2.05) is 17.9 Å². The summed E-state index contributed by atoms with van der Waals surface area (Å²) in [5, 5.41) is 7.85. The molecule has 19 heavy (non-hydrogen) atoms. The molecule has 1 unspecified atom stereocenters. The monoisotopic (exact) mass is 257 g/mol. The molecule has 0 aliphatic rings. The van der Waals surface area contributed by atoms with E-state index in [9.17, 15) is 0 Å². The zero-order chi connectivity index (χ0) is 13.8. The smallest absolute Gasteiger partial charge is 0.0571 e. The Labute approximate surface area is 115 Å². The van der Waals surface area contributed by atoms with Gasteiger partial charge < -0.3 is 5.32 Å². The van der Waals surface area contributed by atoms with Gasteiger partial charge in [0.1, 0.15) is 0 Å². The number of hydrogen-bond donors (Lipinski definition) is 1. The van der Waals surface area contributed by atoms with Crippen LogP contribution in [0.3, 0.4) is 0 Å². The van der Waals surface area contributed by atoms with Gasteiger partial charge in [-0.2, -0.15) is 5.10 Å². The predicted octanol–water partition coefficient (Wildman–Crippen LogP) is 3.46. The molecule has 0 fully saturated rings. The quantitative estimate of drug-likeness (QED) is 0.889. The first kappa shape index (κ1) is 13.8. The summed E-state index contributed by atoms with van der Waals surface area (Å²) in [5.74, 6) is 0. The van der Waals surface area contributed by atoms with E-state index in [0.29, 0.717) is 6.04 Å². The molecule has 3 heteroatoms. The van der Waals surface area contributed by atoms with E-state index < -0.39 is 0 Å². The summed E-state index contributed by atoms with van der Waals surface area (Å²) in [6.45, 7) is 7.47. The lowest BCUT2D eigenvalue weighted by molar-refractivity contribution is 0.537. The third-order valence-corrected chi connectivity index (χ3v) is 3.69. The normalized spacial score (nSPS) is 12.6. The van der Waals surface area contributed by atoms with Crippen molar-refractivity contribution in [3.63, 3.8) is 0 Å². The molecule has 2 aromatic rings. The van der Waals surface area contributed by atoms with Crippen molar-refractivity contribution in [2.45, 2.75) is 33.2 Å². The Bertz CT molecular complexity index is 543.